The summed E-state index contributed by atoms with van der Waals surface area (Å²) >= 11 is 0. The molecule has 1 rings (SSSR count). The van der Waals surface area contributed by atoms with Crippen molar-refractivity contribution < 1.29 is 4.79 Å². The molecule has 0 bridgehead atoms. The molecule has 1 heterocycles. The third-order valence-electron chi connectivity index (χ3n) is 3.28. The van der Waals surface area contributed by atoms with Gasteiger partial charge in [0.05, 0.1) is 5.69 Å². The van der Waals surface area contributed by atoms with Crippen molar-refractivity contribution in [3.05, 3.63) is 17.0 Å². The summed E-state index contributed by atoms with van der Waals surface area (Å²) in [5.74, 6) is 0.127. The zero-order valence-electron chi connectivity index (χ0n) is 11.5. The molecule has 0 aliphatic carbocycles. The first-order valence-corrected chi connectivity index (χ1v) is 6.24. The van der Waals surface area contributed by atoms with Gasteiger partial charge in [0, 0.05) is 25.2 Å². The van der Waals surface area contributed by atoms with Gasteiger partial charge in [-0.3, -0.25) is 9.48 Å². The van der Waals surface area contributed by atoms with E-state index in [-0.39, 0.29) is 11.9 Å². The molecule has 0 aliphatic rings. The zero-order chi connectivity index (χ0) is 13.0. The summed E-state index contributed by atoms with van der Waals surface area (Å²) in [6.45, 7) is 8.13. The van der Waals surface area contributed by atoms with Crippen LogP contribution in [0, 0.1) is 13.8 Å². The topological polar surface area (TPSA) is 46.9 Å². The van der Waals surface area contributed by atoms with E-state index in [1.54, 1.807) is 0 Å². The SMILES string of the molecule is CC[C@@H](C)NC(=O)CCc1c(C)nn(C)c1C. The highest BCUT2D eigenvalue weighted by molar-refractivity contribution is 5.76. The van der Waals surface area contributed by atoms with Crippen molar-refractivity contribution in [3.8, 4) is 0 Å². The van der Waals surface area contributed by atoms with E-state index in [9.17, 15) is 4.79 Å². The molecule has 0 unspecified atom stereocenters. The van der Waals surface area contributed by atoms with Crippen molar-refractivity contribution in [2.24, 2.45) is 7.05 Å². The molecule has 1 N–H and O–H groups in total. The molecule has 0 aliphatic heterocycles. The molecular weight excluding hydrogens is 214 g/mol. The van der Waals surface area contributed by atoms with Gasteiger partial charge in [-0.1, -0.05) is 6.92 Å². The van der Waals surface area contributed by atoms with Crippen LogP contribution in [0.4, 0.5) is 0 Å². The molecule has 1 aromatic heterocycles. The van der Waals surface area contributed by atoms with Gasteiger partial charge in [-0.2, -0.15) is 5.10 Å². The summed E-state index contributed by atoms with van der Waals surface area (Å²) in [5.41, 5.74) is 3.38. The molecule has 0 aromatic carbocycles. The van der Waals surface area contributed by atoms with Crippen LogP contribution < -0.4 is 5.32 Å². The van der Waals surface area contributed by atoms with E-state index < -0.39 is 0 Å². The van der Waals surface area contributed by atoms with E-state index in [2.05, 4.69) is 17.3 Å². The molecule has 17 heavy (non-hydrogen) atoms. The van der Waals surface area contributed by atoms with E-state index >= 15 is 0 Å². The molecular formula is C13H23N3O. The monoisotopic (exact) mass is 237 g/mol. The van der Waals surface area contributed by atoms with E-state index in [4.69, 9.17) is 0 Å². The van der Waals surface area contributed by atoms with Crippen molar-refractivity contribution in [1.82, 2.24) is 15.1 Å². The van der Waals surface area contributed by atoms with Gasteiger partial charge in [-0.25, -0.2) is 0 Å². The molecule has 4 nitrogen and oxygen atoms in total. The second-order valence-electron chi connectivity index (χ2n) is 4.65. The summed E-state index contributed by atoms with van der Waals surface area (Å²) in [6.07, 6.45) is 2.28. The van der Waals surface area contributed by atoms with Crippen LogP contribution in [0.2, 0.25) is 0 Å². The van der Waals surface area contributed by atoms with Gasteiger partial charge in [0.15, 0.2) is 0 Å². The predicted octanol–water partition coefficient (Wildman–Crippen LogP) is 1.88. The van der Waals surface area contributed by atoms with Gasteiger partial charge < -0.3 is 5.32 Å². The number of hydrogen-bond donors (Lipinski definition) is 1. The average Bonchev–Trinajstić information content (AvgIpc) is 2.51. The van der Waals surface area contributed by atoms with Crippen LogP contribution >= 0.6 is 0 Å². The predicted molar refractivity (Wildman–Crippen MR) is 68.9 cm³/mol. The fourth-order valence-electron chi connectivity index (χ4n) is 1.87. The van der Waals surface area contributed by atoms with Crippen LogP contribution in [0.15, 0.2) is 0 Å². The quantitative estimate of drug-likeness (QED) is 0.850. The number of nitrogens with zero attached hydrogens (tertiary/aromatic N) is 2. The Labute approximate surface area is 103 Å². The number of carbonyl (C=O) groups excluding carboxylic acids is 1. The van der Waals surface area contributed by atoms with E-state index in [1.165, 1.54) is 5.56 Å². The lowest BCUT2D eigenvalue weighted by atomic mass is 10.1. The van der Waals surface area contributed by atoms with Gasteiger partial charge in [0.25, 0.3) is 0 Å². The Bertz CT molecular complexity index is 396. The van der Waals surface area contributed by atoms with Crippen LogP contribution in [0.1, 0.15) is 43.6 Å². The maximum absolute atomic E-state index is 11.7. The summed E-state index contributed by atoms with van der Waals surface area (Å²) in [6, 6.07) is 0.263. The van der Waals surface area contributed by atoms with Crippen molar-refractivity contribution in [2.45, 2.75) is 53.0 Å². The standard InChI is InChI=1S/C13H23N3O/c1-6-9(2)14-13(17)8-7-12-10(3)15-16(5)11(12)4/h9H,6-8H2,1-5H3,(H,14,17)/t9-/m1/s1. The summed E-state index contributed by atoms with van der Waals surface area (Å²) < 4.78 is 1.87. The molecule has 1 amide bonds. The third-order valence-corrected chi connectivity index (χ3v) is 3.28. The van der Waals surface area contributed by atoms with Gasteiger partial charge >= 0.3 is 0 Å². The first-order valence-electron chi connectivity index (χ1n) is 6.24. The number of nitrogens with one attached hydrogen (secondary N) is 1. The molecule has 0 saturated heterocycles. The Hall–Kier alpha value is -1.32. The van der Waals surface area contributed by atoms with Crippen LogP contribution in [-0.2, 0) is 18.3 Å². The van der Waals surface area contributed by atoms with Crippen molar-refractivity contribution in [1.29, 1.82) is 0 Å². The smallest absolute Gasteiger partial charge is 0.220 e. The van der Waals surface area contributed by atoms with Gasteiger partial charge in [0.2, 0.25) is 5.91 Å². The zero-order valence-corrected chi connectivity index (χ0v) is 11.5. The minimum Gasteiger partial charge on any atom is -0.354 e. The number of amides is 1. The molecule has 0 fully saturated rings. The maximum atomic E-state index is 11.7. The number of aromatic nitrogens is 2. The van der Waals surface area contributed by atoms with Crippen molar-refractivity contribution in [2.75, 3.05) is 0 Å². The molecule has 96 valence electrons. The number of hydrogen-bond acceptors (Lipinski definition) is 2. The Kier molecular flexibility index (Phi) is 4.73. The minimum absolute atomic E-state index is 0.127. The Morgan fingerprint density at radius 2 is 2.12 bits per heavy atom. The van der Waals surface area contributed by atoms with Crippen molar-refractivity contribution in [3.63, 3.8) is 0 Å². The highest BCUT2D eigenvalue weighted by atomic mass is 16.1. The Morgan fingerprint density at radius 1 is 1.47 bits per heavy atom. The van der Waals surface area contributed by atoms with Crippen LogP contribution in [-0.4, -0.2) is 21.7 Å². The lowest BCUT2D eigenvalue weighted by Gasteiger charge is -2.11. The van der Waals surface area contributed by atoms with Gasteiger partial charge in [0.1, 0.15) is 0 Å². The van der Waals surface area contributed by atoms with Crippen LogP contribution in [0.5, 0.6) is 0 Å². The molecule has 0 radical (unpaired) electrons. The lowest BCUT2D eigenvalue weighted by Crippen LogP contribution is -2.32. The largest absolute Gasteiger partial charge is 0.354 e. The van der Waals surface area contributed by atoms with E-state index in [1.807, 2.05) is 32.5 Å². The number of carbonyl (C=O) groups is 1. The molecule has 0 saturated carbocycles. The number of rotatable bonds is 5. The molecule has 4 heteroatoms. The van der Waals surface area contributed by atoms with Crippen molar-refractivity contribution >= 4 is 5.91 Å². The van der Waals surface area contributed by atoms with Crippen LogP contribution in [0.25, 0.3) is 0 Å². The highest BCUT2D eigenvalue weighted by Crippen LogP contribution is 2.13. The van der Waals surface area contributed by atoms with E-state index in [0.29, 0.717) is 6.42 Å². The van der Waals surface area contributed by atoms with E-state index in [0.717, 1.165) is 24.2 Å². The minimum atomic E-state index is 0.127. The Balaban J connectivity index is 2.53. The maximum Gasteiger partial charge on any atom is 0.220 e. The first-order chi connectivity index (χ1) is 7.95. The second kappa shape index (κ2) is 5.84. The molecule has 0 spiro atoms. The summed E-state index contributed by atoms with van der Waals surface area (Å²) in [7, 11) is 1.94. The first kappa shape index (κ1) is 13.7. The van der Waals surface area contributed by atoms with Crippen LogP contribution in [0.3, 0.4) is 0 Å². The fourth-order valence-corrected chi connectivity index (χ4v) is 1.87. The average molecular weight is 237 g/mol. The fraction of sp³-hybridized carbons (Fsp3) is 0.692. The molecule has 1 aromatic rings. The Morgan fingerprint density at radius 3 is 2.59 bits per heavy atom. The highest BCUT2D eigenvalue weighted by Gasteiger charge is 2.12. The van der Waals surface area contributed by atoms with Gasteiger partial charge in [-0.15, -0.1) is 0 Å². The summed E-state index contributed by atoms with van der Waals surface area (Å²) in [4.78, 5) is 11.7. The normalized spacial score (nSPS) is 12.5. The summed E-state index contributed by atoms with van der Waals surface area (Å²) in [5, 5.41) is 7.33. The van der Waals surface area contributed by atoms with Gasteiger partial charge in [-0.05, 0) is 39.2 Å². The number of aryl methyl sites for hydroxylation is 2. The third kappa shape index (κ3) is 3.58. The lowest BCUT2D eigenvalue weighted by molar-refractivity contribution is -0.121. The second-order valence-corrected chi connectivity index (χ2v) is 4.65. The molecule has 1 atom stereocenters.